The van der Waals surface area contributed by atoms with Crippen LogP contribution in [-0.4, -0.2) is 0 Å². The molecule has 47 heavy (non-hydrogen) atoms. The predicted molar refractivity (Wildman–Crippen MR) is 207 cm³/mol. The minimum Gasteiger partial charge on any atom is -0.399 e. The lowest BCUT2D eigenvalue weighted by molar-refractivity contribution is 0.536. The molecular weight excluding hydrogens is 569 g/mol. The number of rotatable bonds is 20. The molecule has 0 saturated heterocycles. The fourth-order valence-electron chi connectivity index (χ4n) is 7.28. The smallest absolute Gasteiger partial charge is 0.0316 e. The van der Waals surface area contributed by atoms with Gasteiger partial charge in [0.1, 0.15) is 0 Å². The first kappa shape index (κ1) is 36.3. The van der Waals surface area contributed by atoms with Gasteiger partial charge in [-0.3, -0.25) is 0 Å². The SMILES string of the molecule is Cc1cc(N)ccc1C(C)c1ccc(CCCCCCCCCCCCCCCc2ccc(C(C)c3ccc(N)cc3C)cc2)cc1. The Morgan fingerprint density at radius 3 is 1.00 bits per heavy atom. The Labute approximate surface area is 287 Å². The maximum atomic E-state index is 5.95. The van der Waals surface area contributed by atoms with Gasteiger partial charge in [0.2, 0.25) is 0 Å². The standard InChI is InChI=1S/C45H62N2/c1-34-32-42(46)28-30-44(34)36(3)40-24-20-38(21-25-40)18-16-14-12-10-8-6-5-7-9-11-13-15-17-19-39-22-26-41(27-23-39)37(4)45-31-29-43(47)33-35(45)2/h20-33,36-37H,5-19,46-47H2,1-4H3. The molecule has 2 unspecified atom stereocenters. The zero-order valence-corrected chi connectivity index (χ0v) is 30.0. The summed E-state index contributed by atoms with van der Waals surface area (Å²) in [7, 11) is 0. The van der Waals surface area contributed by atoms with Crippen molar-refractivity contribution in [2.75, 3.05) is 11.5 Å². The van der Waals surface area contributed by atoms with E-state index in [0.717, 1.165) is 11.4 Å². The van der Waals surface area contributed by atoms with E-state index in [1.165, 1.54) is 141 Å². The fourth-order valence-corrected chi connectivity index (χ4v) is 7.28. The molecule has 2 heteroatoms. The quantitative estimate of drug-likeness (QED) is 0.0754. The lowest BCUT2D eigenvalue weighted by atomic mass is 9.89. The average Bonchev–Trinajstić information content (AvgIpc) is 3.06. The number of hydrogen-bond acceptors (Lipinski definition) is 2. The van der Waals surface area contributed by atoms with Crippen LogP contribution in [-0.2, 0) is 12.8 Å². The van der Waals surface area contributed by atoms with E-state index >= 15 is 0 Å². The number of aryl methyl sites for hydroxylation is 4. The van der Waals surface area contributed by atoms with Crippen LogP contribution in [0.25, 0.3) is 0 Å². The van der Waals surface area contributed by atoms with Crippen molar-refractivity contribution in [2.45, 2.75) is 136 Å². The summed E-state index contributed by atoms with van der Waals surface area (Å²) in [5, 5.41) is 0. The number of unbranched alkanes of at least 4 members (excludes halogenated alkanes) is 12. The molecule has 0 aliphatic rings. The number of anilines is 2. The van der Waals surface area contributed by atoms with Crippen molar-refractivity contribution in [3.8, 4) is 0 Å². The molecule has 0 saturated carbocycles. The van der Waals surface area contributed by atoms with Crippen LogP contribution in [0.2, 0.25) is 0 Å². The van der Waals surface area contributed by atoms with Gasteiger partial charge in [-0.25, -0.2) is 0 Å². The number of benzene rings is 4. The van der Waals surface area contributed by atoms with Crippen LogP contribution in [0, 0.1) is 13.8 Å². The lowest BCUT2D eigenvalue weighted by Gasteiger charge is -2.16. The first-order valence-electron chi connectivity index (χ1n) is 18.7. The fraction of sp³-hybridized carbons (Fsp3) is 0.467. The number of nitrogen functional groups attached to an aromatic ring is 2. The van der Waals surface area contributed by atoms with Gasteiger partial charge in [-0.05, 0) is 108 Å². The Hall–Kier alpha value is -3.52. The molecule has 4 aromatic rings. The van der Waals surface area contributed by atoms with E-state index < -0.39 is 0 Å². The van der Waals surface area contributed by atoms with Gasteiger partial charge in [-0.15, -0.1) is 0 Å². The topological polar surface area (TPSA) is 52.0 Å². The number of nitrogens with two attached hydrogens (primary N) is 2. The Bertz CT molecular complexity index is 1350. The molecule has 0 radical (unpaired) electrons. The first-order chi connectivity index (χ1) is 22.8. The normalized spacial score (nSPS) is 12.7. The van der Waals surface area contributed by atoms with Gasteiger partial charge in [-0.1, -0.05) is 145 Å². The van der Waals surface area contributed by atoms with Crippen molar-refractivity contribution in [1.29, 1.82) is 0 Å². The molecule has 0 heterocycles. The maximum Gasteiger partial charge on any atom is 0.0316 e. The second-order valence-electron chi connectivity index (χ2n) is 14.3. The summed E-state index contributed by atoms with van der Waals surface area (Å²) in [5.74, 6) is 0.788. The predicted octanol–water partition coefficient (Wildman–Crippen LogP) is 12.6. The molecule has 0 amide bonds. The van der Waals surface area contributed by atoms with Gasteiger partial charge >= 0.3 is 0 Å². The third-order valence-electron chi connectivity index (χ3n) is 10.4. The van der Waals surface area contributed by atoms with Crippen molar-refractivity contribution in [2.24, 2.45) is 0 Å². The molecule has 2 nitrogen and oxygen atoms in total. The Balaban J connectivity index is 0.956. The van der Waals surface area contributed by atoms with E-state index in [-0.39, 0.29) is 0 Å². The van der Waals surface area contributed by atoms with Crippen molar-refractivity contribution in [3.05, 3.63) is 129 Å². The maximum absolute atomic E-state index is 5.95. The molecule has 4 aromatic carbocycles. The summed E-state index contributed by atoms with van der Waals surface area (Å²) in [6.45, 7) is 8.91. The van der Waals surface area contributed by atoms with Crippen LogP contribution in [0.5, 0.6) is 0 Å². The molecule has 0 aromatic heterocycles. The molecule has 0 spiro atoms. The minimum atomic E-state index is 0.394. The minimum absolute atomic E-state index is 0.394. The summed E-state index contributed by atoms with van der Waals surface area (Å²) in [6, 6.07) is 31.2. The van der Waals surface area contributed by atoms with Gasteiger partial charge in [-0.2, -0.15) is 0 Å². The third-order valence-corrected chi connectivity index (χ3v) is 10.4. The molecule has 4 N–H and O–H groups in total. The van der Waals surface area contributed by atoms with Crippen molar-refractivity contribution >= 4 is 11.4 Å². The molecule has 0 fully saturated rings. The van der Waals surface area contributed by atoms with E-state index in [1.807, 2.05) is 12.1 Å². The van der Waals surface area contributed by atoms with Crippen LogP contribution >= 0.6 is 0 Å². The summed E-state index contributed by atoms with van der Waals surface area (Å²) < 4.78 is 0. The van der Waals surface area contributed by atoms with E-state index in [9.17, 15) is 0 Å². The van der Waals surface area contributed by atoms with E-state index in [4.69, 9.17) is 11.5 Å². The van der Waals surface area contributed by atoms with E-state index in [2.05, 4.69) is 100 Å². The van der Waals surface area contributed by atoms with Gasteiger partial charge in [0.15, 0.2) is 0 Å². The van der Waals surface area contributed by atoms with Crippen LogP contribution < -0.4 is 11.5 Å². The largest absolute Gasteiger partial charge is 0.399 e. The molecule has 0 aliphatic carbocycles. The van der Waals surface area contributed by atoms with E-state index in [1.54, 1.807) is 0 Å². The highest BCUT2D eigenvalue weighted by atomic mass is 14.5. The zero-order valence-electron chi connectivity index (χ0n) is 30.0. The summed E-state index contributed by atoms with van der Waals surface area (Å²) >= 11 is 0. The highest BCUT2D eigenvalue weighted by molar-refractivity contribution is 5.48. The van der Waals surface area contributed by atoms with Crippen LogP contribution in [0.3, 0.4) is 0 Å². The summed E-state index contributed by atoms with van der Waals surface area (Å²) in [6.07, 6.45) is 20.4. The third kappa shape index (κ3) is 11.9. The molecule has 2 atom stereocenters. The van der Waals surface area contributed by atoms with E-state index in [0.29, 0.717) is 11.8 Å². The van der Waals surface area contributed by atoms with Gasteiger partial charge in [0.05, 0.1) is 0 Å². The highest BCUT2D eigenvalue weighted by Crippen LogP contribution is 2.30. The van der Waals surface area contributed by atoms with Gasteiger partial charge < -0.3 is 11.5 Å². The molecule has 0 bridgehead atoms. The summed E-state index contributed by atoms with van der Waals surface area (Å²) in [5.41, 5.74) is 24.6. The monoisotopic (exact) mass is 630 g/mol. The molecule has 0 aliphatic heterocycles. The van der Waals surface area contributed by atoms with Gasteiger partial charge in [0, 0.05) is 23.2 Å². The zero-order chi connectivity index (χ0) is 33.4. The Kier molecular flexibility index (Phi) is 14.9. The second kappa shape index (κ2) is 19.3. The molecular formula is C45H62N2. The van der Waals surface area contributed by atoms with Crippen LogP contribution in [0.15, 0.2) is 84.9 Å². The highest BCUT2D eigenvalue weighted by Gasteiger charge is 2.12. The first-order valence-corrected chi connectivity index (χ1v) is 18.7. The van der Waals surface area contributed by atoms with Crippen molar-refractivity contribution < 1.29 is 0 Å². The molecule has 4 rings (SSSR count). The Morgan fingerprint density at radius 2 is 0.702 bits per heavy atom. The second-order valence-corrected chi connectivity index (χ2v) is 14.3. The van der Waals surface area contributed by atoms with Crippen molar-refractivity contribution in [3.63, 3.8) is 0 Å². The number of hydrogen-bond donors (Lipinski definition) is 2. The lowest BCUT2D eigenvalue weighted by Crippen LogP contribution is -2.00. The Morgan fingerprint density at radius 1 is 0.404 bits per heavy atom. The molecule has 252 valence electrons. The van der Waals surface area contributed by atoms with Gasteiger partial charge in [0.25, 0.3) is 0 Å². The van der Waals surface area contributed by atoms with Crippen molar-refractivity contribution in [1.82, 2.24) is 0 Å². The average molecular weight is 631 g/mol. The van der Waals surface area contributed by atoms with Crippen LogP contribution in [0.1, 0.15) is 154 Å². The van der Waals surface area contributed by atoms with Crippen LogP contribution in [0.4, 0.5) is 11.4 Å². The summed E-state index contributed by atoms with van der Waals surface area (Å²) in [4.78, 5) is 0.